The average Bonchev–Trinajstić information content (AvgIpc) is 2.38. The van der Waals surface area contributed by atoms with E-state index in [2.05, 4.69) is 45.1 Å². The minimum absolute atomic E-state index is 0.237. The summed E-state index contributed by atoms with van der Waals surface area (Å²) in [5.74, 6) is 0.497. The van der Waals surface area contributed by atoms with Gasteiger partial charge in [0, 0.05) is 17.7 Å². The fourth-order valence-corrected chi connectivity index (χ4v) is 2.53. The maximum absolute atomic E-state index is 5.93. The molecule has 0 amide bonds. The SMILES string of the molecule is CCNC(Cc1ccc(Cl)cc1)C(OCC)C(C)C. The lowest BCUT2D eigenvalue weighted by molar-refractivity contribution is 0.00395. The van der Waals surface area contributed by atoms with Gasteiger partial charge in [0.25, 0.3) is 0 Å². The van der Waals surface area contributed by atoms with E-state index in [1.54, 1.807) is 0 Å². The summed E-state index contributed by atoms with van der Waals surface area (Å²) in [7, 11) is 0. The average molecular weight is 284 g/mol. The van der Waals surface area contributed by atoms with Crippen LogP contribution < -0.4 is 5.32 Å². The lowest BCUT2D eigenvalue weighted by Crippen LogP contribution is -2.45. The molecular formula is C16H26ClNO. The fourth-order valence-electron chi connectivity index (χ4n) is 2.41. The molecule has 0 saturated heterocycles. The van der Waals surface area contributed by atoms with Crippen molar-refractivity contribution < 1.29 is 4.74 Å². The zero-order valence-electron chi connectivity index (χ0n) is 12.4. The highest BCUT2D eigenvalue weighted by molar-refractivity contribution is 6.30. The molecule has 0 aliphatic rings. The second-order valence-electron chi connectivity index (χ2n) is 5.16. The number of rotatable bonds is 8. The number of nitrogens with one attached hydrogen (secondary N) is 1. The zero-order valence-corrected chi connectivity index (χ0v) is 13.2. The molecule has 0 spiro atoms. The molecule has 3 heteroatoms. The first kappa shape index (κ1) is 16.5. The van der Waals surface area contributed by atoms with Crippen LogP contribution in [0.3, 0.4) is 0 Å². The van der Waals surface area contributed by atoms with Gasteiger partial charge in [-0.2, -0.15) is 0 Å². The third-order valence-corrected chi connectivity index (χ3v) is 3.50. The van der Waals surface area contributed by atoms with Crippen LogP contribution in [0.15, 0.2) is 24.3 Å². The van der Waals surface area contributed by atoms with Gasteiger partial charge in [0.2, 0.25) is 0 Å². The molecule has 0 aromatic heterocycles. The van der Waals surface area contributed by atoms with Gasteiger partial charge in [-0.15, -0.1) is 0 Å². The van der Waals surface area contributed by atoms with Gasteiger partial charge in [-0.1, -0.05) is 44.5 Å². The van der Waals surface area contributed by atoms with Crippen molar-refractivity contribution in [2.24, 2.45) is 5.92 Å². The van der Waals surface area contributed by atoms with Crippen LogP contribution in [0.25, 0.3) is 0 Å². The highest BCUT2D eigenvalue weighted by atomic mass is 35.5. The topological polar surface area (TPSA) is 21.3 Å². The van der Waals surface area contributed by atoms with Crippen molar-refractivity contribution in [2.75, 3.05) is 13.2 Å². The minimum atomic E-state index is 0.237. The molecule has 2 atom stereocenters. The van der Waals surface area contributed by atoms with Crippen LogP contribution in [-0.2, 0) is 11.2 Å². The molecule has 1 aromatic carbocycles. The van der Waals surface area contributed by atoms with Crippen molar-refractivity contribution in [1.82, 2.24) is 5.32 Å². The number of hydrogen-bond donors (Lipinski definition) is 1. The Bertz CT molecular complexity index is 350. The molecule has 0 radical (unpaired) electrons. The van der Waals surface area contributed by atoms with E-state index in [-0.39, 0.29) is 6.10 Å². The number of hydrogen-bond acceptors (Lipinski definition) is 2. The Morgan fingerprint density at radius 2 is 1.79 bits per heavy atom. The summed E-state index contributed by atoms with van der Waals surface area (Å²) in [4.78, 5) is 0. The highest BCUT2D eigenvalue weighted by Gasteiger charge is 2.24. The Labute approximate surface area is 122 Å². The third-order valence-electron chi connectivity index (χ3n) is 3.25. The van der Waals surface area contributed by atoms with Gasteiger partial charge in [-0.3, -0.25) is 0 Å². The maximum Gasteiger partial charge on any atom is 0.0753 e. The smallest absolute Gasteiger partial charge is 0.0753 e. The predicted molar refractivity (Wildman–Crippen MR) is 82.9 cm³/mol. The largest absolute Gasteiger partial charge is 0.377 e. The zero-order chi connectivity index (χ0) is 14.3. The van der Waals surface area contributed by atoms with Crippen molar-refractivity contribution in [1.29, 1.82) is 0 Å². The normalized spacial score (nSPS) is 14.6. The summed E-state index contributed by atoms with van der Waals surface area (Å²) in [6.07, 6.45) is 1.20. The summed E-state index contributed by atoms with van der Waals surface area (Å²) < 4.78 is 5.93. The Kier molecular flexibility index (Phi) is 7.44. The first-order chi connectivity index (χ1) is 9.08. The lowest BCUT2D eigenvalue weighted by Gasteiger charge is -2.31. The summed E-state index contributed by atoms with van der Waals surface area (Å²) >= 11 is 5.93. The van der Waals surface area contributed by atoms with Gasteiger partial charge in [0.1, 0.15) is 0 Å². The molecule has 0 aliphatic heterocycles. The second kappa shape index (κ2) is 8.57. The highest BCUT2D eigenvalue weighted by Crippen LogP contribution is 2.17. The predicted octanol–water partition coefficient (Wildman–Crippen LogP) is 3.92. The van der Waals surface area contributed by atoms with Gasteiger partial charge in [-0.05, 0) is 43.5 Å². The van der Waals surface area contributed by atoms with Crippen LogP contribution in [0.2, 0.25) is 5.02 Å². The molecule has 1 aromatic rings. The lowest BCUT2D eigenvalue weighted by atomic mass is 9.93. The van der Waals surface area contributed by atoms with Crippen molar-refractivity contribution in [3.63, 3.8) is 0 Å². The quantitative estimate of drug-likeness (QED) is 0.781. The number of likely N-dealkylation sites (N-methyl/N-ethyl adjacent to an activating group) is 1. The Balaban J connectivity index is 2.77. The second-order valence-corrected chi connectivity index (χ2v) is 5.60. The van der Waals surface area contributed by atoms with Gasteiger partial charge >= 0.3 is 0 Å². The standard InChI is InChI=1S/C16H26ClNO/c1-5-18-15(16(12(3)4)19-6-2)11-13-7-9-14(17)10-8-13/h7-10,12,15-16,18H,5-6,11H2,1-4H3. The van der Waals surface area contributed by atoms with Crippen molar-refractivity contribution >= 4 is 11.6 Å². The minimum Gasteiger partial charge on any atom is -0.377 e. The maximum atomic E-state index is 5.93. The van der Waals surface area contributed by atoms with Crippen LogP contribution in [0.5, 0.6) is 0 Å². The van der Waals surface area contributed by atoms with E-state index in [1.807, 2.05) is 12.1 Å². The first-order valence-electron chi connectivity index (χ1n) is 7.17. The number of halogens is 1. The molecule has 0 aliphatic carbocycles. The number of ether oxygens (including phenoxy) is 1. The molecule has 19 heavy (non-hydrogen) atoms. The first-order valence-corrected chi connectivity index (χ1v) is 7.55. The van der Waals surface area contributed by atoms with Crippen molar-refractivity contribution in [3.05, 3.63) is 34.9 Å². The van der Waals surface area contributed by atoms with Crippen molar-refractivity contribution in [3.8, 4) is 0 Å². The molecule has 2 nitrogen and oxygen atoms in total. The molecule has 0 saturated carbocycles. The molecule has 108 valence electrons. The van der Waals surface area contributed by atoms with Gasteiger partial charge in [0.15, 0.2) is 0 Å². The molecule has 0 bridgehead atoms. The molecule has 0 heterocycles. The summed E-state index contributed by atoms with van der Waals surface area (Å²) in [6.45, 7) is 10.3. The molecular weight excluding hydrogens is 258 g/mol. The Morgan fingerprint density at radius 1 is 1.16 bits per heavy atom. The molecule has 1 rings (SSSR count). The van der Waals surface area contributed by atoms with E-state index in [4.69, 9.17) is 16.3 Å². The Hall–Kier alpha value is -0.570. The van der Waals surface area contributed by atoms with Gasteiger partial charge in [0.05, 0.1) is 6.10 Å². The third kappa shape index (κ3) is 5.52. The number of benzene rings is 1. The van der Waals surface area contributed by atoms with E-state index >= 15 is 0 Å². The summed E-state index contributed by atoms with van der Waals surface area (Å²) in [6, 6.07) is 8.42. The Morgan fingerprint density at radius 3 is 2.26 bits per heavy atom. The van der Waals surface area contributed by atoms with E-state index in [0.29, 0.717) is 12.0 Å². The molecule has 0 fully saturated rings. The van der Waals surface area contributed by atoms with E-state index in [9.17, 15) is 0 Å². The van der Waals surface area contributed by atoms with E-state index < -0.39 is 0 Å². The monoisotopic (exact) mass is 283 g/mol. The van der Waals surface area contributed by atoms with E-state index in [1.165, 1.54) is 5.56 Å². The van der Waals surface area contributed by atoms with Gasteiger partial charge in [-0.25, -0.2) is 0 Å². The van der Waals surface area contributed by atoms with Crippen LogP contribution in [0, 0.1) is 5.92 Å². The summed E-state index contributed by atoms with van der Waals surface area (Å²) in [5, 5.41) is 4.34. The van der Waals surface area contributed by atoms with Crippen LogP contribution >= 0.6 is 11.6 Å². The molecule has 1 N–H and O–H groups in total. The van der Waals surface area contributed by atoms with Crippen LogP contribution in [-0.4, -0.2) is 25.3 Å². The van der Waals surface area contributed by atoms with Crippen molar-refractivity contribution in [2.45, 2.75) is 46.3 Å². The fraction of sp³-hybridized carbons (Fsp3) is 0.625. The van der Waals surface area contributed by atoms with Crippen LogP contribution in [0.1, 0.15) is 33.3 Å². The van der Waals surface area contributed by atoms with Gasteiger partial charge < -0.3 is 10.1 Å². The van der Waals surface area contributed by atoms with E-state index in [0.717, 1.165) is 24.6 Å². The molecule has 2 unspecified atom stereocenters. The summed E-state index contributed by atoms with van der Waals surface area (Å²) in [5.41, 5.74) is 1.29. The van der Waals surface area contributed by atoms with Crippen LogP contribution in [0.4, 0.5) is 0 Å².